The van der Waals surface area contributed by atoms with Crippen LogP contribution in [0.3, 0.4) is 0 Å². The summed E-state index contributed by atoms with van der Waals surface area (Å²) in [7, 11) is 1.51. The molecule has 0 atom stereocenters. The molecule has 2 aromatic carbocycles. The first-order chi connectivity index (χ1) is 9.65. The Morgan fingerprint density at radius 3 is 2.75 bits per heavy atom. The summed E-state index contributed by atoms with van der Waals surface area (Å²) in [6.45, 7) is 0.242. The van der Waals surface area contributed by atoms with Gasteiger partial charge in [0.2, 0.25) is 0 Å². The van der Waals surface area contributed by atoms with Crippen LogP contribution in [0.4, 0.5) is 5.69 Å². The highest BCUT2D eigenvalue weighted by molar-refractivity contribution is 5.61. The lowest BCUT2D eigenvalue weighted by atomic mass is 10.1. The monoisotopic (exact) mass is 270 g/mol. The highest BCUT2D eigenvalue weighted by Crippen LogP contribution is 2.30. The van der Waals surface area contributed by atoms with Gasteiger partial charge >= 0.3 is 0 Å². The van der Waals surface area contributed by atoms with E-state index in [9.17, 15) is 5.11 Å². The van der Waals surface area contributed by atoms with Gasteiger partial charge in [-0.15, -0.1) is 0 Å². The minimum atomic E-state index is -0.0186. The molecule has 20 heavy (non-hydrogen) atoms. The van der Waals surface area contributed by atoms with E-state index in [2.05, 4.69) is 6.07 Å². The van der Waals surface area contributed by atoms with Crippen LogP contribution in [0, 0.1) is 11.3 Å². The minimum Gasteiger partial charge on any atom is -0.506 e. The highest BCUT2D eigenvalue weighted by atomic mass is 16.5. The van der Waals surface area contributed by atoms with Crippen LogP contribution < -0.4 is 15.2 Å². The van der Waals surface area contributed by atoms with Crippen molar-refractivity contribution in [3.05, 3.63) is 47.5 Å². The number of aromatic hydroxyl groups is 1. The molecule has 0 fully saturated rings. The molecule has 0 aromatic heterocycles. The number of hydrogen-bond acceptors (Lipinski definition) is 5. The van der Waals surface area contributed by atoms with Crippen molar-refractivity contribution in [3.8, 4) is 23.3 Å². The second-order valence-electron chi connectivity index (χ2n) is 4.12. The predicted molar refractivity (Wildman–Crippen MR) is 74.6 cm³/mol. The zero-order valence-corrected chi connectivity index (χ0v) is 11.0. The van der Waals surface area contributed by atoms with Gasteiger partial charge in [-0.2, -0.15) is 5.26 Å². The topological polar surface area (TPSA) is 88.5 Å². The van der Waals surface area contributed by atoms with Crippen molar-refractivity contribution >= 4 is 5.69 Å². The van der Waals surface area contributed by atoms with Crippen LogP contribution in [-0.2, 0) is 6.61 Å². The Kier molecular flexibility index (Phi) is 3.96. The number of ether oxygens (including phenoxy) is 2. The lowest BCUT2D eigenvalue weighted by Gasteiger charge is -2.10. The minimum absolute atomic E-state index is 0.0186. The maximum atomic E-state index is 9.48. The van der Waals surface area contributed by atoms with E-state index in [0.29, 0.717) is 17.1 Å². The van der Waals surface area contributed by atoms with Crippen molar-refractivity contribution in [3.63, 3.8) is 0 Å². The van der Waals surface area contributed by atoms with Gasteiger partial charge in [-0.25, -0.2) is 0 Å². The Hall–Kier alpha value is -2.87. The van der Waals surface area contributed by atoms with E-state index in [0.717, 1.165) is 5.56 Å². The molecular weight excluding hydrogens is 256 g/mol. The normalized spacial score (nSPS) is 9.80. The third-order valence-electron chi connectivity index (χ3n) is 2.82. The van der Waals surface area contributed by atoms with E-state index in [1.54, 1.807) is 30.3 Å². The van der Waals surface area contributed by atoms with Gasteiger partial charge in [0, 0.05) is 0 Å². The summed E-state index contributed by atoms with van der Waals surface area (Å²) in [5, 5.41) is 18.5. The van der Waals surface area contributed by atoms with E-state index in [-0.39, 0.29) is 18.0 Å². The number of nitrogen functional groups attached to an aromatic ring is 1. The van der Waals surface area contributed by atoms with Crippen LogP contribution in [0.5, 0.6) is 17.2 Å². The summed E-state index contributed by atoms with van der Waals surface area (Å²) in [6.07, 6.45) is 0. The zero-order valence-electron chi connectivity index (χ0n) is 11.0. The molecule has 0 amide bonds. The van der Waals surface area contributed by atoms with E-state index in [1.807, 2.05) is 0 Å². The maximum Gasteiger partial charge on any atom is 0.146 e. The van der Waals surface area contributed by atoms with E-state index < -0.39 is 0 Å². The number of hydrogen-bond donors (Lipinski definition) is 2. The summed E-state index contributed by atoms with van der Waals surface area (Å²) in [5.41, 5.74) is 7.15. The van der Waals surface area contributed by atoms with Gasteiger partial charge in [0.25, 0.3) is 0 Å². The number of benzene rings is 2. The molecular formula is C15H14N2O3. The second kappa shape index (κ2) is 5.85. The number of methoxy groups -OCH3 is 1. The first kappa shape index (κ1) is 13.6. The first-order valence-corrected chi connectivity index (χ1v) is 5.93. The number of rotatable bonds is 4. The number of nitrogens with two attached hydrogens (primary N) is 1. The molecule has 0 heterocycles. The van der Waals surface area contributed by atoms with Crippen molar-refractivity contribution < 1.29 is 14.6 Å². The summed E-state index contributed by atoms with van der Waals surface area (Å²) < 4.78 is 10.6. The second-order valence-corrected chi connectivity index (χ2v) is 4.12. The third kappa shape index (κ3) is 2.75. The molecule has 2 aromatic rings. The summed E-state index contributed by atoms with van der Waals surface area (Å²) in [5.74, 6) is 0.905. The first-order valence-electron chi connectivity index (χ1n) is 5.93. The van der Waals surface area contributed by atoms with E-state index in [1.165, 1.54) is 13.2 Å². The molecule has 5 nitrogen and oxygen atoms in total. The highest BCUT2D eigenvalue weighted by Gasteiger charge is 2.07. The number of nitriles is 1. The molecule has 0 unspecified atom stereocenters. The average molecular weight is 270 g/mol. The fourth-order valence-electron chi connectivity index (χ4n) is 1.75. The molecule has 3 N–H and O–H groups in total. The van der Waals surface area contributed by atoms with E-state index >= 15 is 0 Å². The van der Waals surface area contributed by atoms with Crippen LogP contribution in [0.25, 0.3) is 0 Å². The van der Waals surface area contributed by atoms with Crippen molar-refractivity contribution in [2.75, 3.05) is 12.8 Å². The van der Waals surface area contributed by atoms with Gasteiger partial charge in [-0.05, 0) is 29.8 Å². The van der Waals surface area contributed by atoms with Gasteiger partial charge in [-0.1, -0.05) is 12.1 Å². The summed E-state index contributed by atoms with van der Waals surface area (Å²) in [6, 6.07) is 12.1. The zero-order chi connectivity index (χ0) is 14.5. The standard InChI is InChI=1S/C15H14N2O3/c1-19-13-6-5-10(7-11(13)8-16)9-20-14-4-2-3-12(18)15(14)17/h2-7,18H,9,17H2,1H3. The number of phenolic OH excluding ortho intramolecular Hbond substituents is 1. The molecule has 0 aliphatic rings. The van der Waals surface area contributed by atoms with Gasteiger partial charge in [0.05, 0.1) is 12.7 Å². The van der Waals surface area contributed by atoms with Crippen LogP contribution in [-0.4, -0.2) is 12.2 Å². The summed E-state index contributed by atoms with van der Waals surface area (Å²) >= 11 is 0. The molecule has 102 valence electrons. The van der Waals surface area contributed by atoms with Crippen molar-refractivity contribution in [1.82, 2.24) is 0 Å². The van der Waals surface area contributed by atoms with Crippen molar-refractivity contribution in [2.24, 2.45) is 0 Å². The fraction of sp³-hybridized carbons (Fsp3) is 0.133. The van der Waals surface area contributed by atoms with Crippen LogP contribution in [0.1, 0.15) is 11.1 Å². The molecule has 0 saturated heterocycles. The fourth-order valence-corrected chi connectivity index (χ4v) is 1.75. The summed E-state index contributed by atoms with van der Waals surface area (Å²) in [4.78, 5) is 0. The Morgan fingerprint density at radius 2 is 2.05 bits per heavy atom. The van der Waals surface area contributed by atoms with Crippen molar-refractivity contribution in [2.45, 2.75) is 6.61 Å². The lowest BCUT2D eigenvalue weighted by Crippen LogP contribution is -2.00. The molecule has 0 radical (unpaired) electrons. The predicted octanol–water partition coefficient (Wildman–Crippen LogP) is 2.43. The Bertz CT molecular complexity index is 663. The molecule has 0 aliphatic carbocycles. The SMILES string of the molecule is COc1ccc(COc2cccc(O)c2N)cc1C#N. The average Bonchev–Trinajstić information content (AvgIpc) is 2.48. The molecule has 2 rings (SSSR count). The smallest absolute Gasteiger partial charge is 0.146 e. The Labute approximate surface area is 116 Å². The van der Waals surface area contributed by atoms with Gasteiger partial charge < -0.3 is 20.3 Å². The molecule has 0 bridgehead atoms. The van der Waals surface area contributed by atoms with Gasteiger partial charge in [-0.3, -0.25) is 0 Å². The third-order valence-corrected chi connectivity index (χ3v) is 2.82. The molecule has 0 spiro atoms. The molecule has 5 heteroatoms. The largest absolute Gasteiger partial charge is 0.506 e. The van der Waals surface area contributed by atoms with E-state index in [4.69, 9.17) is 20.5 Å². The van der Waals surface area contributed by atoms with Crippen LogP contribution in [0.2, 0.25) is 0 Å². The van der Waals surface area contributed by atoms with Crippen LogP contribution in [0.15, 0.2) is 36.4 Å². The number of para-hydroxylation sites is 1. The quantitative estimate of drug-likeness (QED) is 0.658. The number of nitrogens with zero attached hydrogens (tertiary/aromatic N) is 1. The lowest BCUT2D eigenvalue weighted by molar-refractivity contribution is 0.306. The number of phenols is 1. The molecule has 0 aliphatic heterocycles. The van der Waals surface area contributed by atoms with Crippen LogP contribution >= 0.6 is 0 Å². The Morgan fingerprint density at radius 1 is 1.25 bits per heavy atom. The van der Waals surface area contributed by atoms with Gasteiger partial charge in [0.15, 0.2) is 0 Å². The van der Waals surface area contributed by atoms with Gasteiger partial charge in [0.1, 0.15) is 35.6 Å². The molecule has 0 saturated carbocycles. The maximum absolute atomic E-state index is 9.48. The number of anilines is 1. The van der Waals surface area contributed by atoms with Crippen molar-refractivity contribution in [1.29, 1.82) is 5.26 Å². The Balaban J connectivity index is 2.15.